The van der Waals surface area contributed by atoms with Crippen molar-refractivity contribution in [2.45, 2.75) is 4.90 Å². The van der Waals surface area contributed by atoms with Crippen LogP contribution < -0.4 is 0 Å². The minimum atomic E-state index is -3.66. The Bertz CT molecular complexity index is 607. The number of rotatable bonds is 2. The van der Waals surface area contributed by atoms with Gasteiger partial charge in [-0.15, -0.1) is 0 Å². The fourth-order valence-electron chi connectivity index (χ4n) is 1.20. The number of benzene rings is 1. The Morgan fingerprint density at radius 3 is 2.31 bits per heavy atom. The largest absolute Gasteiger partial charge is 0.261 e. The van der Waals surface area contributed by atoms with Crippen LogP contribution in [0, 0.1) is 0 Å². The van der Waals surface area contributed by atoms with Crippen LogP contribution in [0.25, 0.3) is 5.69 Å². The zero-order valence-electron chi connectivity index (χ0n) is 7.84. The van der Waals surface area contributed by atoms with Gasteiger partial charge in [0.2, 0.25) is 0 Å². The predicted molar refractivity (Wildman–Crippen MR) is 64.3 cm³/mol. The Balaban J connectivity index is 2.40. The second-order valence-corrected chi connectivity index (χ2v) is 6.52. The van der Waals surface area contributed by atoms with Crippen molar-refractivity contribution >= 4 is 35.7 Å². The van der Waals surface area contributed by atoms with Gasteiger partial charge >= 0.3 is 0 Å². The monoisotopic (exact) mass is 320 g/mol. The summed E-state index contributed by atoms with van der Waals surface area (Å²) < 4.78 is 24.5. The normalized spacial score (nSPS) is 11.6. The van der Waals surface area contributed by atoms with Crippen LogP contribution in [-0.2, 0) is 9.05 Å². The van der Waals surface area contributed by atoms with Crippen LogP contribution in [0.4, 0.5) is 0 Å². The molecule has 0 fully saturated rings. The first-order valence-electron chi connectivity index (χ1n) is 4.22. The predicted octanol–water partition coefficient (Wildman–Crippen LogP) is 2.56. The standard InChI is InChI=1S/C9H6BrClN2O2S/c10-7-5-12-13(6-7)8-1-3-9(4-2-8)16(11,14)15/h1-6H. The fourth-order valence-corrected chi connectivity index (χ4v) is 2.26. The van der Waals surface area contributed by atoms with E-state index in [-0.39, 0.29) is 4.90 Å². The number of hydrogen-bond acceptors (Lipinski definition) is 3. The summed E-state index contributed by atoms with van der Waals surface area (Å²) in [6.45, 7) is 0. The van der Waals surface area contributed by atoms with E-state index in [4.69, 9.17) is 10.7 Å². The lowest BCUT2D eigenvalue weighted by Gasteiger charge is -2.01. The number of hydrogen-bond donors (Lipinski definition) is 0. The highest BCUT2D eigenvalue weighted by molar-refractivity contribution is 9.10. The van der Waals surface area contributed by atoms with Gasteiger partial charge in [-0.2, -0.15) is 5.10 Å². The summed E-state index contributed by atoms with van der Waals surface area (Å²) in [6.07, 6.45) is 3.41. The van der Waals surface area contributed by atoms with Crippen molar-refractivity contribution in [3.8, 4) is 5.69 Å². The van der Waals surface area contributed by atoms with Crippen molar-refractivity contribution in [1.29, 1.82) is 0 Å². The van der Waals surface area contributed by atoms with Crippen molar-refractivity contribution in [2.75, 3.05) is 0 Å². The van der Waals surface area contributed by atoms with Gasteiger partial charge < -0.3 is 0 Å². The summed E-state index contributed by atoms with van der Waals surface area (Å²) in [5, 5.41) is 4.07. The van der Waals surface area contributed by atoms with Crippen LogP contribution in [0.3, 0.4) is 0 Å². The van der Waals surface area contributed by atoms with E-state index in [1.807, 2.05) is 0 Å². The highest BCUT2D eigenvalue weighted by Gasteiger charge is 2.09. The van der Waals surface area contributed by atoms with E-state index in [0.717, 1.165) is 10.2 Å². The van der Waals surface area contributed by atoms with Crippen LogP contribution in [-0.4, -0.2) is 18.2 Å². The van der Waals surface area contributed by atoms with E-state index in [1.165, 1.54) is 12.1 Å². The number of aromatic nitrogens is 2. The van der Waals surface area contributed by atoms with E-state index in [1.54, 1.807) is 29.2 Å². The maximum Gasteiger partial charge on any atom is 0.261 e. The maximum atomic E-state index is 11.0. The summed E-state index contributed by atoms with van der Waals surface area (Å²) in [6, 6.07) is 6.14. The third kappa shape index (κ3) is 2.45. The molecule has 0 saturated heterocycles. The van der Waals surface area contributed by atoms with Gasteiger partial charge in [0.15, 0.2) is 0 Å². The minimum absolute atomic E-state index is 0.0733. The Labute approximate surface area is 105 Å². The second-order valence-electron chi connectivity index (χ2n) is 3.03. The molecule has 0 unspecified atom stereocenters. The topological polar surface area (TPSA) is 52.0 Å². The first kappa shape index (κ1) is 11.6. The molecule has 4 nitrogen and oxygen atoms in total. The molecule has 0 aliphatic heterocycles. The van der Waals surface area contributed by atoms with Crippen LogP contribution in [0.15, 0.2) is 46.0 Å². The molecule has 7 heteroatoms. The summed E-state index contributed by atoms with van der Waals surface area (Å²) in [5.74, 6) is 0. The molecule has 16 heavy (non-hydrogen) atoms. The van der Waals surface area contributed by atoms with Crippen LogP contribution in [0.2, 0.25) is 0 Å². The fraction of sp³-hybridized carbons (Fsp3) is 0. The Hall–Kier alpha value is -0.850. The first-order chi connectivity index (χ1) is 7.47. The molecule has 0 aliphatic rings. The summed E-state index contributed by atoms with van der Waals surface area (Å²) >= 11 is 3.28. The van der Waals surface area contributed by atoms with Gasteiger partial charge in [-0.3, -0.25) is 0 Å². The van der Waals surface area contributed by atoms with Crippen molar-refractivity contribution in [3.63, 3.8) is 0 Å². The van der Waals surface area contributed by atoms with Gasteiger partial charge in [-0.25, -0.2) is 13.1 Å². The lowest BCUT2D eigenvalue weighted by molar-refractivity contribution is 0.609. The van der Waals surface area contributed by atoms with Gasteiger partial charge in [0.05, 0.1) is 21.3 Å². The molecule has 0 bridgehead atoms. The van der Waals surface area contributed by atoms with E-state index >= 15 is 0 Å². The van der Waals surface area contributed by atoms with Gasteiger partial charge in [0.25, 0.3) is 9.05 Å². The molecule has 0 saturated carbocycles. The van der Waals surface area contributed by atoms with Gasteiger partial charge in [-0.1, -0.05) is 0 Å². The lowest BCUT2D eigenvalue weighted by atomic mass is 10.3. The summed E-state index contributed by atoms with van der Waals surface area (Å²) in [4.78, 5) is 0.0733. The summed E-state index contributed by atoms with van der Waals surface area (Å²) in [5.41, 5.74) is 0.759. The van der Waals surface area contributed by atoms with Gasteiger partial charge in [0, 0.05) is 16.9 Å². The van der Waals surface area contributed by atoms with Gasteiger partial charge in [-0.05, 0) is 40.2 Å². The van der Waals surface area contributed by atoms with Crippen molar-refractivity contribution in [2.24, 2.45) is 0 Å². The Morgan fingerprint density at radius 2 is 1.88 bits per heavy atom. The minimum Gasteiger partial charge on any atom is -0.240 e. The maximum absolute atomic E-state index is 11.0. The van der Waals surface area contributed by atoms with Crippen LogP contribution >= 0.6 is 26.6 Å². The number of nitrogens with zero attached hydrogens (tertiary/aromatic N) is 2. The highest BCUT2D eigenvalue weighted by Crippen LogP contribution is 2.18. The van der Waals surface area contributed by atoms with E-state index < -0.39 is 9.05 Å². The molecule has 0 amide bonds. The molecule has 1 aromatic carbocycles. The molecule has 2 aromatic rings. The zero-order valence-corrected chi connectivity index (χ0v) is 11.0. The van der Waals surface area contributed by atoms with Crippen molar-refractivity contribution in [3.05, 3.63) is 41.1 Å². The average molecular weight is 322 g/mol. The molecule has 0 N–H and O–H groups in total. The molecular formula is C9H6BrClN2O2S. The molecular weight excluding hydrogens is 316 g/mol. The average Bonchev–Trinajstić information content (AvgIpc) is 2.64. The number of halogens is 2. The molecule has 0 radical (unpaired) electrons. The third-order valence-corrected chi connectivity index (χ3v) is 3.71. The SMILES string of the molecule is O=S(=O)(Cl)c1ccc(-n2cc(Br)cn2)cc1. The van der Waals surface area contributed by atoms with Gasteiger partial charge in [0.1, 0.15) is 0 Å². The first-order valence-corrected chi connectivity index (χ1v) is 7.32. The molecule has 0 atom stereocenters. The molecule has 1 aromatic heterocycles. The van der Waals surface area contributed by atoms with Crippen molar-refractivity contribution in [1.82, 2.24) is 9.78 Å². The van der Waals surface area contributed by atoms with E-state index in [0.29, 0.717) is 0 Å². The third-order valence-electron chi connectivity index (χ3n) is 1.93. The molecule has 0 aliphatic carbocycles. The molecule has 0 spiro atoms. The highest BCUT2D eigenvalue weighted by atomic mass is 79.9. The smallest absolute Gasteiger partial charge is 0.240 e. The summed E-state index contributed by atoms with van der Waals surface area (Å²) in [7, 11) is 1.54. The zero-order chi connectivity index (χ0) is 11.8. The van der Waals surface area contributed by atoms with E-state index in [9.17, 15) is 8.42 Å². The second kappa shape index (κ2) is 4.20. The Morgan fingerprint density at radius 1 is 1.25 bits per heavy atom. The van der Waals surface area contributed by atoms with Crippen molar-refractivity contribution < 1.29 is 8.42 Å². The Kier molecular flexibility index (Phi) is 3.05. The molecule has 1 heterocycles. The quantitative estimate of drug-likeness (QED) is 0.799. The van der Waals surface area contributed by atoms with Crippen LogP contribution in [0.5, 0.6) is 0 Å². The van der Waals surface area contributed by atoms with Crippen LogP contribution in [0.1, 0.15) is 0 Å². The lowest BCUT2D eigenvalue weighted by Crippen LogP contribution is -1.95. The van der Waals surface area contributed by atoms with E-state index in [2.05, 4.69) is 21.0 Å². The molecule has 84 valence electrons. The molecule has 2 rings (SSSR count).